The lowest BCUT2D eigenvalue weighted by Gasteiger charge is -2.16. The zero-order valence-electron chi connectivity index (χ0n) is 12.7. The number of rotatable bonds is 6. The van der Waals surface area contributed by atoms with E-state index in [1.54, 1.807) is 19.1 Å². The Morgan fingerprint density at radius 3 is 2.91 bits per heavy atom. The van der Waals surface area contributed by atoms with Crippen molar-refractivity contribution >= 4 is 15.9 Å². The Morgan fingerprint density at radius 2 is 2.27 bits per heavy atom. The van der Waals surface area contributed by atoms with Gasteiger partial charge in [0.05, 0.1) is 17.6 Å². The fraction of sp³-hybridized carbons (Fsp3) is 0.533. The van der Waals surface area contributed by atoms with Gasteiger partial charge >= 0.3 is 0 Å². The number of carbonyl (C=O) groups excluding carboxylic acids is 1. The number of hydrogen-bond acceptors (Lipinski definition) is 5. The summed E-state index contributed by atoms with van der Waals surface area (Å²) in [5.74, 6) is -0.681. The molecule has 1 aromatic carbocycles. The normalized spacial score (nSPS) is 19.8. The molecule has 0 aliphatic carbocycles. The van der Waals surface area contributed by atoms with Gasteiger partial charge in [-0.15, -0.1) is 0 Å². The minimum Gasteiger partial charge on any atom is -0.376 e. The van der Waals surface area contributed by atoms with E-state index in [0.717, 1.165) is 18.4 Å². The van der Waals surface area contributed by atoms with E-state index >= 15 is 0 Å². The molecule has 1 amide bonds. The summed E-state index contributed by atoms with van der Waals surface area (Å²) in [5.41, 5.74) is 0.804. The van der Waals surface area contributed by atoms with Crippen LogP contribution >= 0.6 is 0 Å². The van der Waals surface area contributed by atoms with E-state index in [1.807, 2.05) is 4.72 Å². The standard InChI is InChI=1S/C15H21NO5S/c1-11-5-3-7-14(9-11)22(18,19)16-15(17)12(2)21-10-13-6-4-8-20-13/h3,5,7,9,12-13H,4,6,8,10H2,1-2H3,(H,16,17)/t12-,13+/m0/s1. The topological polar surface area (TPSA) is 81.7 Å². The maximum Gasteiger partial charge on any atom is 0.264 e. The average Bonchev–Trinajstić information content (AvgIpc) is 2.97. The Hall–Kier alpha value is -1.44. The fourth-order valence-corrected chi connectivity index (χ4v) is 3.31. The van der Waals surface area contributed by atoms with Crippen molar-refractivity contribution in [1.82, 2.24) is 4.72 Å². The summed E-state index contributed by atoms with van der Waals surface area (Å²) in [6, 6.07) is 6.37. The van der Waals surface area contributed by atoms with Crippen molar-refractivity contribution in [1.29, 1.82) is 0 Å². The molecule has 1 N–H and O–H groups in total. The lowest BCUT2D eigenvalue weighted by atomic mass is 10.2. The highest BCUT2D eigenvalue weighted by atomic mass is 32.2. The van der Waals surface area contributed by atoms with Crippen molar-refractivity contribution in [3.05, 3.63) is 29.8 Å². The first-order valence-electron chi connectivity index (χ1n) is 7.25. The van der Waals surface area contributed by atoms with Crippen molar-refractivity contribution < 1.29 is 22.7 Å². The number of ether oxygens (including phenoxy) is 2. The number of benzene rings is 1. The molecule has 1 aromatic rings. The second-order valence-corrected chi connectivity index (χ2v) is 7.08. The van der Waals surface area contributed by atoms with Crippen LogP contribution in [0, 0.1) is 6.92 Å². The van der Waals surface area contributed by atoms with Gasteiger partial charge in [-0.2, -0.15) is 0 Å². The number of nitrogens with one attached hydrogen (secondary N) is 1. The molecular weight excluding hydrogens is 306 g/mol. The van der Waals surface area contributed by atoms with E-state index < -0.39 is 22.0 Å². The molecule has 1 saturated heterocycles. The summed E-state index contributed by atoms with van der Waals surface area (Å²) < 4.78 is 37.1. The van der Waals surface area contributed by atoms with Crippen molar-refractivity contribution in [2.75, 3.05) is 13.2 Å². The molecule has 7 heteroatoms. The third-order valence-corrected chi connectivity index (χ3v) is 4.80. The Bertz CT molecular complexity index is 623. The van der Waals surface area contributed by atoms with Crippen molar-refractivity contribution in [2.24, 2.45) is 0 Å². The van der Waals surface area contributed by atoms with E-state index in [9.17, 15) is 13.2 Å². The first-order valence-corrected chi connectivity index (χ1v) is 8.73. The molecule has 0 unspecified atom stereocenters. The molecule has 22 heavy (non-hydrogen) atoms. The zero-order chi connectivity index (χ0) is 16.2. The summed E-state index contributed by atoms with van der Waals surface area (Å²) in [7, 11) is -3.88. The molecule has 0 bridgehead atoms. The molecule has 1 fully saturated rings. The molecular formula is C15H21NO5S. The third kappa shape index (κ3) is 4.53. The van der Waals surface area contributed by atoms with E-state index in [2.05, 4.69) is 0 Å². The van der Waals surface area contributed by atoms with Crippen LogP contribution in [0.5, 0.6) is 0 Å². The van der Waals surface area contributed by atoms with E-state index in [-0.39, 0.29) is 11.0 Å². The van der Waals surface area contributed by atoms with Gasteiger partial charge in [-0.25, -0.2) is 13.1 Å². The van der Waals surface area contributed by atoms with Crippen LogP contribution in [0.15, 0.2) is 29.2 Å². The molecule has 6 nitrogen and oxygen atoms in total. The molecule has 1 aliphatic heterocycles. The highest BCUT2D eigenvalue weighted by Gasteiger charge is 2.24. The van der Waals surface area contributed by atoms with Gasteiger partial charge in [0.1, 0.15) is 6.10 Å². The minimum atomic E-state index is -3.88. The van der Waals surface area contributed by atoms with Crippen LogP contribution in [0.4, 0.5) is 0 Å². The number of hydrogen-bond donors (Lipinski definition) is 1. The molecule has 0 radical (unpaired) electrons. The van der Waals surface area contributed by atoms with Crippen molar-refractivity contribution in [2.45, 2.75) is 43.8 Å². The third-order valence-electron chi connectivity index (χ3n) is 3.46. The highest BCUT2D eigenvalue weighted by molar-refractivity contribution is 7.90. The Balaban J connectivity index is 1.92. The smallest absolute Gasteiger partial charge is 0.264 e. The van der Waals surface area contributed by atoms with Gasteiger partial charge in [-0.3, -0.25) is 4.79 Å². The summed E-state index contributed by atoms with van der Waals surface area (Å²) in [6.07, 6.45) is 1.01. The first kappa shape index (κ1) is 16.9. The summed E-state index contributed by atoms with van der Waals surface area (Å²) in [5, 5.41) is 0. The van der Waals surface area contributed by atoms with Crippen LogP contribution in [0.25, 0.3) is 0 Å². The van der Waals surface area contributed by atoms with Gasteiger partial charge in [0, 0.05) is 6.61 Å². The number of sulfonamides is 1. The SMILES string of the molecule is Cc1cccc(S(=O)(=O)NC(=O)[C@H](C)OC[C@H]2CCCO2)c1. The molecule has 0 aromatic heterocycles. The Labute approximate surface area is 130 Å². The van der Waals surface area contributed by atoms with E-state index in [0.29, 0.717) is 13.2 Å². The minimum absolute atomic E-state index is 0.0105. The largest absolute Gasteiger partial charge is 0.376 e. The Morgan fingerprint density at radius 1 is 1.50 bits per heavy atom. The van der Waals surface area contributed by atoms with Crippen LogP contribution in [0.3, 0.4) is 0 Å². The summed E-state index contributed by atoms with van der Waals surface area (Å²) in [6.45, 7) is 4.31. The maximum atomic E-state index is 12.1. The van der Waals surface area contributed by atoms with Gasteiger partial charge < -0.3 is 9.47 Å². The van der Waals surface area contributed by atoms with Crippen LogP contribution < -0.4 is 4.72 Å². The van der Waals surface area contributed by atoms with Crippen LogP contribution in [0.2, 0.25) is 0 Å². The second-order valence-electron chi connectivity index (χ2n) is 5.40. The van der Waals surface area contributed by atoms with Gasteiger partial charge in [-0.1, -0.05) is 12.1 Å². The summed E-state index contributed by atoms with van der Waals surface area (Å²) >= 11 is 0. The Kier molecular flexibility index (Phi) is 5.55. The molecule has 122 valence electrons. The van der Waals surface area contributed by atoms with Gasteiger partial charge in [-0.05, 0) is 44.4 Å². The summed E-state index contributed by atoms with van der Waals surface area (Å²) in [4.78, 5) is 12.0. The lowest BCUT2D eigenvalue weighted by molar-refractivity contribution is -0.131. The molecule has 2 rings (SSSR count). The van der Waals surface area contributed by atoms with E-state index in [4.69, 9.17) is 9.47 Å². The lowest BCUT2D eigenvalue weighted by Crippen LogP contribution is -2.39. The van der Waals surface area contributed by atoms with Crippen LogP contribution in [0.1, 0.15) is 25.3 Å². The first-order chi connectivity index (χ1) is 10.4. The molecule has 0 spiro atoms. The van der Waals surface area contributed by atoms with Crippen LogP contribution in [-0.4, -0.2) is 39.7 Å². The van der Waals surface area contributed by atoms with Gasteiger partial charge in [0.25, 0.3) is 15.9 Å². The molecule has 0 saturated carbocycles. The number of carbonyl (C=O) groups is 1. The van der Waals surface area contributed by atoms with Crippen molar-refractivity contribution in [3.8, 4) is 0 Å². The van der Waals surface area contributed by atoms with Gasteiger partial charge in [0.15, 0.2) is 0 Å². The average molecular weight is 327 g/mol. The number of aryl methyl sites for hydroxylation is 1. The van der Waals surface area contributed by atoms with Crippen LogP contribution in [-0.2, 0) is 24.3 Å². The second kappa shape index (κ2) is 7.21. The van der Waals surface area contributed by atoms with Crippen molar-refractivity contribution in [3.63, 3.8) is 0 Å². The monoisotopic (exact) mass is 327 g/mol. The predicted octanol–water partition coefficient (Wildman–Crippen LogP) is 1.38. The number of amides is 1. The predicted molar refractivity (Wildman–Crippen MR) is 80.9 cm³/mol. The molecule has 2 atom stereocenters. The fourth-order valence-electron chi connectivity index (χ4n) is 2.16. The van der Waals surface area contributed by atoms with E-state index in [1.165, 1.54) is 19.1 Å². The zero-order valence-corrected chi connectivity index (χ0v) is 13.6. The maximum absolute atomic E-state index is 12.1. The quantitative estimate of drug-likeness (QED) is 0.854. The highest BCUT2D eigenvalue weighted by Crippen LogP contribution is 2.14. The molecule has 1 aliphatic rings. The molecule has 1 heterocycles. The van der Waals surface area contributed by atoms with Gasteiger partial charge in [0.2, 0.25) is 0 Å².